The molecule has 1 saturated heterocycles. The molecule has 192 valence electrons. The molecule has 0 saturated carbocycles. The molecule has 8 nitrogen and oxygen atoms in total. The molecule has 3 rings (SSSR count). The number of nitrogens with zero attached hydrogens (tertiary/aromatic N) is 2. The van der Waals surface area contributed by atoms with Gasteiger partial charge < -0.3 is 15.0 Å². The fourth-order valence-corrected chi connectivity index (χ4v) is 5.24. The molecule has 0 bridgehead atoms. The molecule has 2 amide bonds. The summed E-state index contributed by atoms with van der Waals surface area (Å²) < 4.78 is 32.1. The number of nitrogens with one attached hydrogen (secondary N) is 1. The predicted molar refractivity (Wildman–Crippen MR) is 137 cm³/mol. The lowest BCUT2D eigenvalue weighted by atomic mass is 10.0. The highest BCUT2D eigenvalue weighted by Gasteiger charge is 2.29. The maximum absolute atomic E-state index is 12.7. The smallest absolute Gasteiger partial charge is 0.243 e. The van der Waals surface area contributed by atoms with E-state index in [1.165, 1.54) is 16.8 Å². The molecule has 9 heteroatoms. The van der Waals surface area contributed by atoms with Crippen molar-refractivity contribution in [3.05, 3.63) is 59.2 Å². The first-order valence-electron chi connectivity index (χ1n) is 11.8. The van der Waals surface area contributed by atoms with Crippen molar-refractivity contribution in [2.24, 2.45) is 0 Å². The highest BCUT2D eigenvalue weighted by atomic mass is 32.2. The summed E-state index contributed by atoms with van der Waals surface area (Å²) in [5, 5.41) is 2.63. The van der Waals surface area contributed by atoms with Gasteiger partial charge in [-0.3, -0.25) is 9.59 Å². The van der Waals surface area contributed by atoms with Crippen LogP contribution in [-0.4, -0.2) is 63.2 Å². The second-order valence-corrected chi connectivity index (χ2v) is 10.6. The van der Waals surface area contributed by atoms with Gasteiger partial charge in [0, 0.05) is 39.6 Å². The second-order valence-electron chi connectivity index (χ2n) is 8.63. The molecule has 1 heterocycles. The number of hydrogen-bond acceptors (Lipinski definition) is 5. The first-order chi connectivity index (χ1) is 16.6. The van der Waals surface area contributed by atoms with E-state index in [-0.39, 0.29) is 10.8 Å². The third-order valence-corrected chi connectivity index (χ3v) is 7.89. The van der Waals surface area contributed by atoms with E-state index in [0.717, 1.165) is 17.5 Å². The van der Waals surface area contributed by atoms with Crippen molar-refractivity contribution in [1.29, 1.82) is 0 Å². The highest BCUT2D eigenvalue weighted by molar-refractivity contribution is 7.89. The molecule has 0 spiro atoms. The van der Waals surface area contributed by atoms with Crippen LogP contribution in [0, 0.1) is 0 Å². The Morgan fingerprint density at radius 1 is 1.09 bits per heavy atom. The summed E-state index contributed by atoms with van der Waals surface area (Å²) in [4.78, 5) is 23.3. The van der Waals surface area contributed by atoms with Crippen LogP contribution in [0.5, 0.6) is 5.75 Å². The normalized spacial score (nSPS) is 14.2. The standard InChI is InChI=1S/C15H22N2O4S.C11H15NO/c1-4-13-11-14(5-6-15(13)21-3)22(19,20)17-9-7-16(8-10-17)12(2)18;1-9(2)11-5-3-10(4-6-11)7-12-8-13/h5-6,11H,4,7-10H2,1-3H3;3-6,8-9H,7H2,1-2H3,(H,12,13). The molecule has 1 fully saturated rings. The number of hydrogen-bond donors (Lipinski definition) is 1. The van der Waals surface area contributed by atoms with Crippen LogP contribution in [0.1, 0.15) is 50.3 Å². The van der Waals surface area contributed by atoms with Gasteiger partial charge in [-0.1, -0.05) is 45.0 Å². The molecule has 2 aromatic rings. The number of amides is 2. The Morgan fingerprint density at radius 3 is 2.20 bits per heavy atom. The summed E-state index contributed by atoms with van der Waals surface area (Å²) in [6.07, 6.45) is 1.42. The molecule has 0 atom stereocenters. The van der Waals surface area contributed by atoms with E-state index in [0.29, 0.717) is 50.8 Å². The number of ether oxygens (including phenoxy) is 1. The number of carbonyl (C=O) groups excluding carboxylic acids is 2. The Kier molecular flexibility index (Phi) is 10.7. The zero-order valence-electron chi connectivity index (χ0n) is 21.3. The van der Waals surface area contributed by atoms with E-state index in [1.807, 2.05) is 19.1 Å². The molecular weight excluding hydrogens is 466 g/mol. The molecular formula is C26H37N3O5S. The Bertz CT molecular complexity index is 1080. The fourth-order valence-electron chi connectivity index (χ4n) is 3.76. The summed E-state index contributed by atoms with van der Waals surface area (Å²) in [5.74, 6) is 1.24. The van der Waals surface area contributed by atoms with Gasteiger partial charge in [-0.05, 0) is 47.2 Å². The SMILES string of the molecule is CC(C)c1ccc(CNC=O)cc1.CCc1cc(S(=O)(=O)N2CCN(C(C)=O)CC2)ccc1OC. The number of rotatable bonds is 8. The maximum Gasteiger partial charge on any atom is 0.243 e. The number of methoxy groups -OCH3 is 1. The minimum Gasteiger partial charge on any atom is -0.496 e. The van der Waals surface area contributed by atoms with E-state index in [1.54, 1.807) is 30.2 Å². The monoisotopic (exact) mass is 503 g/mol. The average molecular weight is 504 g/mol. The van der Waals surface area contributed by atoms with Gasteiger partial charge in [-0.2, -0.15) is 4.31 Å². The first kappa shape index (κ1) is 28.3. The van der Waals surface area contributed by atoms with Crippen molar-refractivity contribution in [1.82, 2.24) is 14.5 Å². The Balaban J connectivity index is 0.000000283. The minimum absolute atomic E-state index is 0.0187. The predicted octanol–water partition coefficient (Wildman–Crippen LogP) is 3.17. The quantitative estimate of drug-likeness (QED) is 0.559. The molecule has 35 heavy (non-hydrogen) atoms. The van der Waals surface area contributed by atoms with E-state index < -0.39 is 10.0 Å². The van der Waals surface area contributed by atoms with Gasteiger partial charge in [0.1, 0.15) is 5.75 Å². The lowest BCUT2D eigenvalue weighted by molar-refractivity contribution is -0.130. The highest BCUT2D eigenvalue weighted by Crippen LogP contribution is 2.25. The van der Waals surface area contributed by atoms with Crippen LogP contribution in [0.15, 0.2) is 47.4 Å². The zero-order chi connectivity index (χ0) is 26.0. The van der Waals surface area contributed by atoms with Crippen molar-refractivity contribution < 1.29 is 22.7 Å². The summed E-state index contributed by atoms with van der Waals surface area (Å²) >= 11 is 0. The summed E-state index contributed by atoms with van der Waals surface area (Å²) in [5.41, 5.74) is 3.33. The molecule has 0 aromatic heterocycles. The van der Waals surface area contributed by atoms with Gasteiger partial charge >= 0.3 is 0 Å². The van der Waals surface area contributed by atoms with Crippen molar-refractivity contribution in [2.75, 3.05) is 33.3 Å². The fraction of sp³-hybridized carbons (Fsp3) is 0.462. The lowest BCUT2D eigenvalue weighted by Gasteiger charge is -2.33. The number of aryl methyl sites for hydroxylation is 1. The number of piperazine rings is 1. The Morgan fingerprint density at radius 2 is 1.71 bits per heavy atom. The molecule has 1 aliphatic heterocycles. The summed E-state index contributed by atoms with van der Waals surface area (Å²) in [6, 6.07) is 13.2. The largest absolute Gasteiger partial charge is 0.496 e. The molecule has 0 aliphatic carbocycles. The van der Waals surface area contributed by atoms with E-state index >= 15 is 0 Å². The maximum atomic E-state index is 12.7. The van der Waals surface area contributed by atoms with Crippen LogP contribution in [-0.2, 0) is 32.6 Å². The second kappa shape index (κ2) is 13.3. The van der Waals surface area contributed by atoms with Gasteiger partial charge in [0.05, 0.1) is 12.0 Å². The van der Waals surface area contributed by atoms with Crippen LogP contribution >= 0.6 is 0 Å². The molecule has 1 aliphatic rings. The van der Waals surface area contributed by atoms with Crippen LogP contribution in [0.25, 0.3) is 0 Å². The van der Waals surface area contributed by atoms with Crippen molar-refractivity contribution >= 4 is 22.3 Å². The average Bonchev–Trinajstić information content (AvgIpc) is 2.87. The molecule has 2 aromatic carbocycles. The van der Waals surface area contributed by atoms with Crippen molar-refractivity contribution in [3.63, 3.8) is 0 Å². The third kappa shape index (κ3) is 7.80. The molecule has 0 radical (unpaired) electrons. The van der Waals surface area contributed by atoms with Gasteiger partial charge in [0.25, 0.3) is 0 Å². The zero-order valence-corrected chi connectivity index (χ0v) is 22.1. The van der Waals surface area contributed by atoms with Gasteiger partial charge in [-0.25, -0.2) is 8.42 Å². The molecule has 0 unspecified atom stereocenters. The van der Waals surface area contributed by atoms with Gasteiger partial charge in [0.2, 0.25) is 22.3 Å². The minimum atomic E-state index is -3.53. The first-order valence-corrected chi connectivity index (χ1v) is 13.3. The van der Waals surface area contributed by atoms with Gasteiger partial charge in [0.15, 0.2) is 0 Å². The Hall–Kier alpha value is -2.91. The number of benzene rings is 2. The van der Waals surface area contributed by atoms with Crippen LogP contribution < -0.4 is 10.1 Å². The van der Waals surface area contributed by atoms with E-state index in [2.05, 4.69) is 31.3 Å². The van der Waals surface area contributed by atoms with E-state index in [4.69, 9.17) is 4.74 Å². The van der Waals surface area contributed by atoms with Crippen LogP contribution in [0.3, 0.4) is 0 Å². The van der Waals surface area contributed by atoms with Crippen molar-refractivity contribution in [2.45, 2.75) is 51.5 Å². The third-order valence-electron chi connectivity index (χ3n) is 5.99. The number of carbonyl (C=O) groups is 2. The summed E-state index contributed by atoms with van der Waals surface area (Å²) in [7, 11) is -1.96. The Labute approximate surface area is 209 Å². The summed E-state index contributed by atoms with van der Waals surface area (Å²) in [6.45, 7) is 9.93. The number of sulfonamides is 1. The van der Waals surface area contributed by atoms with Crippen LogP contribution in [0.2, 0.25) is 0 Å². The lowest BCUT2D eigenvalue weighted by Crippen LogP contribution is -2.49. The van der Waals surface area contributed by atoms with E-state index in [9.17, 15) is 18.0 Å². The van der Waals surface area contributed by atoms with Crippen molar-refractivity contribution in [3.8, 4) is 5.75 Å². The van der Waals surface area contributed by atoms with Crippen LogP contribution in [0.4, 0.5) is 0 Å². The molecule has 1 N–H and O–H groups in total. The topological polar surface area (TPSA) is 96.0 Å². The van der Waals surface area contributed by atoms with Gasteiger partial charge in [-0.15, -0.1) is 0 Å².